The van der Waals surface area contributed by atoms with Crippen molar-refractivity contribution in [2.24, 2.45) is 11.8 Å². The number of nitrogens with one attached hydrogen (secondary N) is 1. The van der Waals surface area contributed by atoms with Gasteiger partial charge in [0.15, 0.2) is 0 Å². The van der Waals surface area contributed by atoms with Crippen LogP contribution in [0.25, 0.3) is 0 Å². The van der Waals surface area contributed by atoms with Gasteiger partial charge in [-0.05, 0) is 64.7 Å². The zero-order valence-corrected chi connectivity index (χ0v) is 14.7. The molecular formula is C18H37NO. The molecule has 2 heteroatoms. The second-order valence-electron chi connectivity index (χ2n) is 8.17. The molecule has 0 aromatic carbocycles. The number of hydrogen-bond donors (Lipinski definition) is 1. The molecule has 1 rings (SSSR count). The Kier molecular flexibility index (Phi) is 7.00. The molecule has 0 amide bonds. The summed E-state index contributed by atoms with van der Waals surface area (Å²) in [5.41, 5.74) is 0.260. The first-order valence-corrected chi connectivity index (χ1v) is 8.65. The molecule has 1 aliphatic rings. The van der Waals surface area contributed by atoms with Gasteiger partial charge in [0.1, 0.15) is 0 Å². The molecule has 20 heavy (non-hydrogen) atoms. The van der Waals surface area contributed by atoms with Crippen LogP contribution in [0, 0.1) is 11.8 Å². The fourth-order valence-electron chi connectivity index (χ4n) is 2.98. The summed E-state index contributed by atoms with van der Waals surface area (Å²) in [6, 6.07) is 0. The summed E-state index contributed by atoms with van der Waals surface area (Å²) in [4.78, 5) is 0. The van der Waals surface area contributed by atoms with Crippen LogP contribution in [0.3, 0.4) is 0 Å². The van der Waals surface area contributed by atoms with Crippen LogP contribution in [0.1, 0.15) is 80.1 Å². The van der Waals surface area contributed by atoms with Crippen LogP contribution in [-0.4, -0.2) is 24.3 Å². The number of rotatable bonds is 7. The van der Waals surface area contributed by atoms with Crippen LogP contribution in [0.2, 0.25) is 0 Å². The third-order valence-corrected chi connectivity index (χ3v) is 4.58. The van der Waals surface area contributed by atoms with E-state index in [4.69, 9.17) is 4.74 Å². The Labute approximate surface area is 127 Å². The van der Waals surface area contributed by atoms with E-state index in [2.05, 4.69) is 46.9 Å². The van der Waals surface area contributed by atoms with Crippen molar-refractivity contribution in [3.63, 3.8) is 0 Å². The van der Waals surface area contributed by atoms with Crippen molar-refractivity contribution in [1.29, 1.82) is 0 Å². The molecule has 0 bridgehead atoms. The summed E-state index contributed by atoms with van der Waals surface area (Å²) in [5, 5.41) is 3.68. The average Bonchev–Trinajstić information content (AvgIpc) is 2.37. The van der Waals surface area contributed by atoms with E-state index < -0.39 is 0 Å². The maximum absolute atomic E-state index is 6.47. The molecule has 0 radical (unpaired) electrons. The zero-order chi connectivity index (χ0) is 15.2. The van der Waals surface area contributed by atoms with Crippen LogP contribution in [0.4, 0.5) is 0 Å². The average molecular weight is 284 g/mol. The molecule has 1 saturated carbocycles. The molecule has 120 valence electrons. The van der Waals surface area contributed by atoms with Crippen molar-refractivity contribution < 1.29 is 4.74 Å². The molecule has 1 aliphatic carbocycles. The summed E-state index contributed by atoms with van der Waals surface area (Å²) in [7, 11) is 0. The van der Waals surface area contributed by atoms with Crippen LogP contribution in [0.5, 0.6) is 0 Å². The highest BCUT2D eigenvalue weighted by Crippen LogP contribution is 2.35. The van der Waals surface area contributed by atoms with Crippen molar-refractivity contribution >= 4 is 0 Å². The Morgan fingerprint density at radius 2 is 1.85 bits per heavy atom. The van der Waals surface area contributed by atoms with Gasteiger partial charge in [-0.3, -0.25) is 0 Å². The van der Waals surface area contributed by atoms with E-state index in [1.807, 2.05) is 0 Å². The van der Waals surface area contributed by atoms with E-state index in [-0.39, 0.29) is 11.1 Å². The molecule has 0 spiro atoms. The topological polar surface area (TPSA) is 21.3 Å². The Hall–Kier alpha value is -0.0800. The van der Waals surface area contributed by atoms with E-state index in [0.29, 0.717) is 5.92 Å². The molecule has 0 aliphatic heterocycles. The lowest BCUT2D eigenvalue weighted by molar-refractivity contribution is -0.0891. The van der Waals surface area contributed by atoms with Gasteiger partial charge < -0.3 is 10.1 Å². The standard InChI is InChI=1S/C18H37NO/c1-7-8-16(3)13-20-18(14-19-17(4,5)6)11-9-15(2)10-12-18/h15-16,19H,7-14H2,1-6H3. The quantitative estimate of drug-likeness (QED) is 0.726. The van der Waals surface area contributed by atoms with Gasteiger partial charge in [0.2, 0.25) is 0 Å². The zero-order valence-electron chi connectivity index (χ0n) is 14.7. The maximum Gasteiger partial charge on any atom is 0.0806 e. The highest BCUT2D eigenvalue weighted by molar-refractivity contribution is 4.90. The molecule has 0 saturated heterocycles. The minimum Gasteiger partial charge on any atom is -0.373 e. The maximum atomic E-state index is 6.47. The fourth-order valence-corrected chi connectivity index (χ4v) is 2.98. The van der Waals surface area contributed by atoms with Crippen molar-refractivity contribution in [1.82, 2.24) is 5.32 Å². The largest absolute Gasteiger partial charge is 0.373 e. The summed E-state index contributed by atoms with van der Waals surface area (Å²) in [6.07, 6.45) is 7.60. The number of ether oxygens (including phenoxy) is 1. The molecule has 0 aromatic rings. The van der Waals surface area contributed by atoms with Crippen LogP contribution in [-0.2, 0) is 4.74 Å². The summed E-state index contributed by atoms with van der Waals surface area (Å²) in [5.74, 6) is 1.56. The van der Waals surface area contributed by atoms with E-state index in [9.17, 15) is 0 Å². The van der Waals surface area contributed by atoms with E-state index in [0.717, 1.165) is 19.1 Å². The Morgan fingerprint density at radius 1 is 1.25 bits per heavy atom. The van der Waals surface area contributed by atoms with E-state index in [1.54, 1.807) is 0 Å². The molecule has 1 N–H and O–H groups in total. The number of hydrogen-bond acceptors (Lipinski definition) is 2. The molecule has 2 nitrogen and oxygen atoms in total. The first-order chi connectivity index (χ1) is 9.26. The molecule has 1 atom stereocenters. The van der Waals surface area contributed by atoms with Gasteiger partial charge in [-0.1, -0.05) is 27.2 Å². The van der Waals surface area contributed by atoms with Crippen molar-refractivity contribution in [2.45, 2.75) is 91.2 Å². The van der Waals surface area contributed by atoms with Gasteiger partial charge in [0.05, 0.1) is 5.60 Å². The summed E-state index contributed by atoms with van der Waals surface area (Å²) in [6.45, 7) is 15.6. The second kappa shape index (κ2) is 7.79. The highest BCUT2D eigenvalue weighted by Gasteiger charge is 2.36. The van der Waals surface area contributed by atoms with Gasteiger partial charge in [-0.25, -0.2) is 0 Å². The Bertz CT molecular complexity index is 261. The van der Waals surface area contributed by atoms with Crippen molar-refractivity contribution in [3.05, 3.63) is 0 Å². The molecule has 1 unspecified atom stereocenters. The van der Waals surface area contributed by atoms with Gasteiger partial charge in [-0.2, -0.15) is 0 Å². The molecule has 1 fully saturated rings. The van der Waals surface area contributed by atoms with Crippen LogP contribution in [0.15, 0.2) is 0 Å². The third-order valence-electron chi connectivity index (χ3n) is 4.58. The molecule has 0 heterocycles. The Morgan fingerprint density at radius 3 is 2.35 bits per heavy atom. The Balaban J connectivity index is 2.55. The van der Waals surface area contributed by atoms with Gasteiger partial charge >= 0.3 is 0 Å². The molecular weight excluding hydrogens is 246 g/mol. The van der Waals surface area contributed by atoms with E-state index in [1.165, 1.54) is 38.5 Å². The van der Waals surface area contributed by atoms with Gasteiger partial charge in [0.25, 0.3) is 0 Å². The minimum absolute atomic E-state index is 0.0851. The van der Waals surface area contributed by atoms with E-state index >= 15 is 0 Å². The fraction of sp³-hybridized carbons (Fsp3) is 1.00. The SMILES string of the molecule is CCCC(C)COC1(CNC(C)(C)C)CCC(C)CC1. The van der Waals surface area contributed by atoms with Gasteiger partial charge in [0, 0.05) is 18.7 Å². The lowest BCUT2D eigenvalue weighted by Crippen LogP contribution is -2.51. The highest BCUT2D eigenvalue weighted by atomic mass is 16.5. The van der Waals surface area contributed by atoms with Crippen molar-refractivity contribution in [3.8, 4) is 0 Å². The molecule has 0 aromatic heterocycles. The lowest BCUT2D eigenvalue weighted by atomic mass is 9.79. The smallest absolute Gasteiger partial charge is 0.0806 e. The van der Waals surface area contributed by atoms with Crippen LogP contribution < -0.4 is 5.32 Å². The second-order valence-corrected chi connectivity index (χ2v) is 8.17. The first-order valence-electron chi connectivity index (χ1n) is 8.65. The van der Waals surface area contributed by atoms with Gasteiger partial charge in [-0.15, -0.1) is 0 Å². The lowest BCUT2D eigenvalue weighted by Gasteiger charge is -2.42. The predicted octanol–water partition coefficient (Wildman–Crippen LogP) is 4.78. The van der Waals surface area contributed by atoms with Crippen molar-refractivity contribution in [2.75, 3.05) is 13.2 Å². The normalized spacial score (nSPS) is 29.4. The summed E-state index contributed by atoms with van der Waals surface area (Å²) >= 11 is 0. The monoisotopic (exact) mass is 283 g/mol. The predicted molar refractivity (Wildman–Crippen MR) is 88.1 cm³/mol. The summed E-state index contributed by atoms with van der Waals surface area (Å²) < 4.78 is 6.47. The minimum atomic E-state index is 0.0851. The third kappa shape index (κ3) is 6.58. The van der Waals surface area contributed by atoms with Crippen LogP contribution >= 0.6 is 0 Å². The first kappa shape index (κ1) is 18.0.